The molecular weight excluding hydrogens is 607 g/mol. The van der Waals surface area contributed by atoms with Crippen molar-refractivity contribution in [3.05, 3.63) is 152 Å². The lowest BCUT2D eigenvalue weighted by atomic mass is 10.0. The van der Waals surface area contributed by atoms with Crippen LogP contribution < -0.4 is 0 Å². The number of benzene rings is 6. The molecule has 0 spiro atoms. The summed E-state index contributed by atoms with van der Waals surface area (Å²) in [5.74, 6) is 1.94. The van der Waals surface area contributed by atoms with E-state index >= 15 is 0 Å². The van der Waals surface area contributed by atoms with Gasteiger partial charge < -0.3 is 0 Å². The van der Waals surface area contributed by atoms with E-state index in [9.17, 15) is 0 Å². The van der Waals surface area contributed by atoms with Crippen LogP contribution in [0.4, 0.5) is 0 Å². The Labute approximate surface area is 279 Å². The van der Waals surface area contributed by atoms with Crippen molar-refractivity contribution in [3.8, 4) is 45.4 Å². The Morgan fingerprint density at radius 2 is 1.00 bits per heavy atom. The average molecular weight is 632 g/mol. The van der Waals surface area contributed by atoms with Crippen LogP contribution in [0.2, 0.25) is 0 Å². The van der Waals surface area contributed by atoms with E-state index in [1.807, 2.05) is 72.0 Å². The van der Waals surface area contributed by atoms with Crippen molar-refractivity contribution < 1.29 is 0 Å². The highest BCUT2D eigenvalue weighted by molar-refractivity contribution is 7.27. The molecule has 0 atom stereocenters. The number of aromatic nitrogens is 5. The van der Waals surface area contributed by atoms with Crippen LogP contribution in [0.3, 0.4) is 0 Å². The predicted molar refractivity (Wildman–Crippen MR) is 198 cm³/mol. The molecule has 0 radical (unpaired) electrons. The predicted octanol–water partition coefficient (Wildman–Crippen LogP) is 10.9. The largest absolute Gasteiger partial charge is 0.291 e. The van der Waals surface area contributed by atoms with Gasteiger partial charge in [-0.25, -0.2) is 19.9 Å². The molecule has 0 saturated heterocycles. The average Bonchev–Trinajstić information content (AvgIpc) is 3.74. The first-order chi connectivity index (χ1) is 23.8. The van der Waals surface area contributed by atoms with Crippen LogP contribution >= 0.6 is 11.3 Å². The van der Waals surface area contributed by atoms with Crippen LogP contribution in [0, 0.1) is 0 Å². The van der Waals surface area contributed by atoms with Crippen molar-refractivity contribution >= 4 is 59.0 Å². The summed E-state index contributed by atoms with van der Waals surface area (Å²) < 4.78 is 4.81. The summed E-state index contributed by atoms with van der Waals surface area (Å²) in [5, 5.41) is 5.01. The highest BCUT2D eigenvalue weighted by Crippen LogP contribution is 2.43. The molecule has 224 valence electrons. The minimum atomic E-state index is 0.638. The number of para-hydroxylation sites is 2. The topological polar surface area (TPSA) is 56.0 Å². The summed E-state index contributed by atoms with van der Waals surface area (Å²) in [4.78, 5) is 19.9. The van der Waals surface area contributed by atoms with Crippen molar-refractivity contribution in [1.82, 2.24) is 24.3 Å². The van der Waals surface area contributed by atoms with E-state index in [1.54, 1.807) is 0 Å². The summed E-state index contributed by atoms with van der Waals surface area (Å²) in [6.07, 6.45) is 0. The minimum Gasteiger partial charge on any atom is -0.291 e. The number of imidazole rings is 1. The molecule has 0 aliphatic heterocycles. The molecule has 10 rings (SSSR count). The number of fused-ring (bicyclic) bond motifs is 9. The molecule has 0 N–H and O–H groups in total. The second-order valence-electron chi connectivity index (χ2n) is 11.9. The minimum absolute atomic E-state index is 0.638. The third-order valence-corrected chi connectivity index (χ3v) is 10.3. The van der Waals surface area contributed by atoms with E-state index in [2.05, 4.69) is 95.4 Å². The van der Waals surface area contributed by atoms with Crippen LogP contribution in [-0.4, -0.2) is 24.3 Å². The van der Waals surface area contributed by atoms with E-state index in [1.165, 1.54) is 30.9 Å². The summed E-state index contributed by atoms with van der Waals surface area (Å²) in [7, 11) is 0. The van der Waals surface area contributed by atoms with E-state index in [0.717, 1.165) is 44.6 Å². The summed E-state index contributed by atoms with van der Waals surface area (Å²) in [6, 6.07) is 52.6. The van der Waals surface area contributed by atoms with Crippen LogP contribution in [0.1, 0.15) is 0 Å². The number of pyridine rings is 1. The molecule has 48 heavy (non-hydrogen) atoms. The molecule has 0 aliphatic rings. The van der Waals surface area contributed by atoms with Crippen molar-refractivity contribution in [2.75, 3.05) is 0 Å². The molecule has 0 fully saturated rings. The van der Waals surface area contributed by atoms with Crippen LogP contribution in [0.5, 0.6) is 0 Å². The van der Waals surface area contributed by atoms with Gasteiger partial charge in [-0.1, -0.05) is 133 Å². The number of hydrogen-bond donors (Lipinski definition) is 0. The second-order valence-corrected chi connectivity index (χ2v) is 12.9. The first-order valence-electron chi connectivity index (χ1n) is 15.9. The molecule has 0 bridgehead atoms. The van der Waals surface area contributed by atoms with E-state index in [-0.39, 0.29) is 0 Å². The molecule has 5 nitrogen and oxygen atoms in total. The molecule has 0 saturated carbocycles. The van der Waals surface area contributed by atoms with Crippen LogP contribution in [0.15, 0.2) is 152 Å². The monoisotopic (exact) mass is 631 g/mol. The quantitative estimate of drug-likeness (QED) is 0.194. The van der Waals surface area contributed by atoms with Gasteiger partial charge in [-0.2, -0.15) is 0 Å². The van der Waals surface area contributed by atoms with E-state index in [0.29, 0.717) is 17.5 Å². The van der Waals surface area contributed by atoms with Crippen molar-refractivity contribution in [1.29, 1.82) is 0 Å². The summed E-state index contributed by atoms with van der Waals surface area (Å²) in [5.41, 5.74) is 8.07. The number of rotatable bonds is 4. The third kappa shape index (κ3) is 4.24. The molecule has 0 unspecified atom stereocenters. The SMILES string of the molecule is c1ccc(-c2nc(-c3ccccc3)nc(-c3ccc(-c4cc5c6ccc7ccccc7c6sc5c5nc6ccccc6n45)cc3)n2)cc1. The second kappa shape index (κ2) is 10.7. The van der Waals surface area contributed by atoms with Gasteiger partial charge in [-0.15, -0.1) is 11.3 Å². The maximum Gasteiger partial charge on any atom is 0.164 e. The Balaban J connectivity index is 1.17. The Kier molecular flexibility index (Phi) is 5.98. The van der Waals surface area contributed by atoms with Gasteiger partial charge in [-0.3, -0.25) is 4.40 Å². The fourth-order valence-electron chi connectivity index (χ4n) is 6.72. The van der Waals surface area contributed by atoms with Gasteiger partial charge in [0.1, 0.15) is 0 Å². The fraction of sp³-hybridized carbons (Fsp3) is 0. The Hall–Kier alpha value is -6.24. The first kappa shape index (κ1) is 26.9. The smallest absolute Gasteiger partial charge is 0.164 e. The molecule has 0 aliphatic carbocycles. The van der Waals surface area contributed by atoms with E-state index in [4.69, 9.17) is 19.9 Å². The Morgan fingerprint density at radius 1 is 0.417 bits per heavy atom. The maximum absolute atomic E-state index is 5.19. The number of hydrogen-bond acceptors (Lipinski definition) is 5. The Bertz CT molecular complexity index is 2760. The standard InChI is InChI=1S/C42H25N5S/c1-3-12-28(13-4-1)39-44-40(29-14-5-2-6-15-29)46-41(45-39)30-21-19-27(20-22-30)36-25-33-32-24-23-26-11-7-8-16-31(26)37(32)48-38(33)42-43-34-17-9-10-18-35(34)47(36)42/h1-25H. The lowest BCUT2D eigenvalue weighted by molar-refractivity contribution is 1.07. The van der Waals surface area contributed by atoms with Gasteiger partial charge >= 0.3 is 0 Å². The van der Waals surface area contributed by atoms with Crippen LogP contribution in [0.25, 0.3) is 93.0 Å². The molecule has 6 heteroatoms. The molecule has 4 aromatic heterocycles. The number of thiophene rings is 1. The van der Waals surface area contributed by atoms with Gasteiger partial charge in [0, 0.05) is 32.2 Å². The van der Waals surface area contributed by atoms with Gasteiger partial charge in [0.15, 0.2) is 23.1 Å². The maximum atomic E-state index is 5.19. The first-order valence-corrected chi connectivity index (χ1v) is 16.7. The molecule has 4 heterocycles. The van der Waals surface area contributed by atoms with Crippen molar-refractivity contribution in [2.24, 2.45) is 0 Å². The zero-order valence-corrected chi connectivity index (χ0v) is 26.4. The number of nitrogens with zero attached hydrogens (tertiary/aromatic N) is 5. The summed E-state index contributed by atoms with van der Waals surface area (Å²) in [6.45, 7) is 0. The summed E-state index contributed by atoms with van der Waals surface area (Å²) >= 11 is 1.83. The van der Waals surface area contributed by atoms with Crippen molar-refractivity contribution in [2.45, 2.75) is 0 Å². The fourth-order valence-corrected chi connectivity index (χ4v) is 8.01. The van der Waals surface area contributed by atoms with Gasteiger partial charge in [0.25, 0.3) is 0 Å². The molecule has 10 aromatic rings. The van der Waals surface area contributed by atoms with Crippen LogP contribution in [-0.2, 0) is 0 Å². The zero-order valence-electron chi connectivity index (χ0n) is 25.6. The highest BCUT2D eigenvalue weighted by Gasteiger charge is 2.19. The van der Waals surface area contributed by atoms with Gasteiger partial charge in [0.05, 0.1) is 21.4 Å². The third-order valence-electron chi connectivity index (χ3n) is 9.04. The van der Waals surface area contributed by atoms with E-state index < -0.39 is 0 Å². The molecule has 0 amide bonds. The lowest BCUT2D eigenvalue weighted by Crippen LogP contribution is -2.00. The van der Waals surface area contributed by atoms with Crippen molar-refractivity contribution in [3.63, 3.8) is 0 Å². The zero-order chi connectivity index (χ0) is 31.6. The highest BCUT2D eigenvalue weighted by atomic mass is 32.1. The Morgan fingerprint density at radius 3 is 1.71 bits per heavy atom. The lowest BCUT2D eigenvalue weighted by Gasteiger charge is -2.11. The van der Waals surface area contributed by atoms with Gasteiger partial charge in [0.2, 0.25) is 0 Å². The normalized spacial score (nSPS) is 11.8. The van der Waals surface area contributed by atoms with Gasteiger partial charge in [-0.05, 0) is 34.5 Å². The molecule has 6 aromatic carbocycles. The molecular formula is C42H25N5S.